The molecule has 21 heavy (non-hydrogen) atoms. The Balaban J connectivity index is 2.57. The van der Waals surface area contributed by atoms with E-state index < -0.39 is 28.3 Å². The van der Waals surface area contributed by atoms with Gasteiger partial charge in [-0.05, 0) is 31.3 Å². The lowest BCUT2D eigenvalue weighted by atomic mass is 10.2. The van der Waals surface area contributed by atoms with Gasteiger partial charge in [0.25, 0.3) is 5.91 Å². The van der Waals surface area contributed by atoms with E-state index >= 15 is 0 Å². The van der Waals surface area contributed by atoms with E-state index in [0.717, 1.165) is 12.1 Å². The second kappa shape index (κ2) is 5.57. The SMILES string of the molecule is Cc1nn(C)cc1C(=O)N(C(N)=S)c1c(F)cccc1F. The maximum atomic E-state index is 13.9. The van der Waals surface area contributed by atoms with Crippen LogP contribution in [-0.4, -0.2) is 20.8 Å². The number of carbonyl (C=O) groups excluding carboxylic acids is 1. The highest BCUT2D eigenvalue weighted by Gasteiger charge is 2.28. The maximum Gasteiger partial charge on any atom is 0.268 e. The lowest BCUT2D eigenvalue weighted by Crippen LogP contribution is -2.42. The Morgan fingerprint density at radius 3 is 2.38 bits per heavy atom. The normalized spacial score (nSPS) is 10.5. The summed E-state index contributed by atoms with van der Waals surface area (Å²) < 4.78 is 29.2. The number of hydrogen-bond acceptors (Lipinski definition) is 3. The van der Waals surface area contributed by atoms with E-state index in [1.54, 1.807) is 14.0 Å². The number of halogens is 2. The summed E-state index contributed by atoms with van der Waals surface area (Å²) >= 11 is 4.77. The number of nitrogens with two attached hydrogens (primary N) is 1. The Hall–Kier alpha value is -2.35. The Morgan fingerprint density at radius 2 is 1.95 bits per heavy atom. The summed E-state index contributed by atoms with van der Waals surface area (Å²) in [6.07, 6.45) is 1.43. The number of para-hydroxylation sites is 1. The monoisotopic (exact) mass is 310 g/mol. The quantitative estimate of drug-likeness (QED) is 0.861. The van der Waals surface area contributed by atoms with Gasteiger partial charge in [-0.15, -0.1) is 0 Å². The molecule has 0 fully saturated rings. The van der Waals surface area contributed by atoms with Crippen molar-refractivity contribution < 1.29 is 13.6 Å². The molecule has 0 bridgehead atoms. The molecular formula is C13H12F2N4OS. The van der Waals surface area contributed by atoms with Gasteiger partial charge in [0.1, 0.15) is 17.3 Å². The summed E-state index contributed by atoms with van der Waals surface area (Å²) in [7, 11) is 1.62. The number of rotatable bonds is 2. The van der Waals surface area contributed by atoms with Crippen molar-refractivity contribution >= 4 is 28.9 Å². The molecule has 110 valence electrons. The average molecular weight is 310 g/mol. The third kappa shape index (κ3) is 2.75. The number of anilines is 1. The molecule has 2 rings (SSSR count). The fraction of sp³-hybridized carbons (Fsp3) is 0.154. The maximum absolute atomic E-state index is 13.9. The minimum absolute atomic E-state index is 0.160. The van der Waals surface area contributed by atoms with E-state index in [-0.39, 0.29) is 5.56 Å². The molecular weight excluding hydrogens is 298 g/mol. The number of thiocarbonyl (C=S) groups is 1. The molecule has 1 amide bonds. The minimum atomic E-state index is -0.933. The minimum Gasteiger partial charge on any atom is -0.376 e. The second-order valence-corrected chi connectivity index (χ2v) is 4.77. The van der Waals surface area contributed by atoms with Gasteiger partial charge >= 0.3 is 0 Å². The van der Waals surface area contributed by atoms with Crippen LogP contribution in [0.1, 0.15) is 16.1 Å². The largest absolute Gasteiger partial charge is 0.376 e. The van der Waals surface area contributed by atoms with E-state index in [2.05, 4.69) is 5.10 Å². The van der Waals surface area contributed by atoms with Crippen molar-refractivity contribution in [1.82, 2.24) is 9.78 Å². The van der Waals surface area contributed by atoms with Gasteiger partial charge in [0.2, 0.25) is 0 Å². The summed E-state index contributed by atoms with van der Waals surface area (Å²) in [5.41, 5.74) is 5.44. The molecule has 0 saturated heterocycles. The fourth-order valence-corrected chi connectivity index (χ4v) is 2.12. The molecule has 0 saturated carbocycles. The van der Waals surface area contributed by atoms with Crippen molar-refractivity contribution in [3.63, 3.8) is 0 Å². The number of aromatic nitrogens is 2. The van der Waals surface area contributed by atoms with Crippen molar-refractivity contribution in [3.8, 4) is 0 Å². The first kappa shape index (κ1) is 15.0. The van der Waals surface area contributed by atoms with Crippen LogP contribution in [-0.2, 0) is 7.05 Å². The van der Waals surface area contributed by atoms with Crippen molar-refractivity contribution in [3.05, 3.63) is 47.3 Å². The van der Waals surface area contributed by atoms with E-state index in [0.29, 0.717) is 10.6 Å². The van der Waals surface area contributed by atoms with E-state index in [9.17, 15) is 13.6 Å². The third-order valence-corrected chi connectivity index (χ3v) is 3.01. The second-order valence-electron chi connectivity index (χ2n) is 4.35. The summed E-state index contributed by atoms with van der Waals surface area (Å²) in [5, 5.41) is 3.56. The van der Waals surface area contributed by atoms with E-state index in [1.807, 2.05) is 0 Å². The van der Waals surface area contributed by atoms with Crippen LogP contribution in [0.5, 0.6) is 0 Å². The number of nitrogens with zero attached hydrogens (tertiary/aromatic N) is 3. The number of benzene rings is 1. The molecule has 8 heteroatoms. The molecule has 2 aromatic rings. The van der Waals surface area contributed by atoms with Gasteiger partial charge in [0.05, 0.1) is 11.3 Å². The molecule has 0 aliphatic heterocycles. The van der Waals surface area contributed by atoms with Crippen molar-refractivity contribution in [2.45, 2.75) is 6.92 Å². The van der Waals surface area contributed by atoms with Crippen LogP contribution in [0.2, 0.25) is 0 Å². The molecule has 0 radical (unpaired) electrons. The molecule has 2 N–H and O–H groups in total. The number of hydrogen-bond donors (Lipinski definition) is 1. The fourth-order valence-electron chi connectivity index (χ4n) is 1.94. The molecule has 1 heterocycles. The van der Waals surface area contributed by atoms with E-state index in [1.165, 1.54) is 16.9 Å². The summed E-state index contributed by atoms with van der Waals surface area (Å²) in [5.74, 6) is -2.60. The molecule has 0 aliphatic carbocycles. The summed E-state index contributed by atoms with van der Waals surface area (Å²) in [4.78, 5) is 13.1. The van der Waals surface area contributed by atoms with Crippen LogP contribution in [0.15, 0.2) is 24.4 Å². The molecule has 0 aliphatic rings. The van der Waals surface area contributed by atoms with Crippen LogP contribution < -0.4 is 10.6 Å². The zero-order valence-electron chi connectivity index (χ0n) is 11.3. The van der Waals surface area contributed by atoms with Gasteiger partial charge in [-0.25, -0.2) is 13.7 Å². The Morgan fingerprint density at radius 1 is 1.38 bits per heavy atom. The Kier molecular flexibility index (Phi) is 3.99. The highest BCUT2D eigenvalue weighted by molar-refractivity contribution is 7.80. The smallest absolute Gasteiger partial charge is 0.268 e. The Bertz CT molecular complexity index is 709. The van der Waals surface area contributed by atoms with Crippen molar-refractivity contribution in [1.29, 1.82) is 0 Å². The lowest BCUT2D eigenvalue weighted by Gasteiger charge is -2.21. The van der Waals surface area contributed by atoms with Gasteiger partial charge in [-0.3, -0.25) is 9.48 Å². The van der Waals surface area contributed by atoms with Crippen LogP contribution in [0.25, 0.3) is 0 Å². The first-order valence-corrected chi connectivity index (χ1v) is 6.32. The van der Waals surface area contributed by atoms with Gasteiger partial charge in [-0.2, -0.15) is 5.10 Å². The number of aryl methyl sites for hydroxylation is 2. The summed E-state index contributed by atoms with van der Waals surface area (Å²) in [6.45, 7) is 1.60. The van der Waals surface area contributed by atoms with Crippen LogP contribution in [0.4, 0.5) is 14.5 Å². The van der Waals surface area contributed by atoms with Crippen LogP contribution >= 0.6 is 12.2 Å². The van der Waals surface area contributed by atoms with Crippen LogP contribution in [0, 0.1) is 18.6 Å². The standard InChI is InChI=1S/C13H12F2N4OS/c1-7-8(6-18(2)17-7)12(20)19(13(16)21)11-9(14)4-3-5-10(11)15/h3-6H,1-2H3,(H2,16,21). The van der Waals surface area contributed by atoms with Crippen molar-refractivity contribution in [2.24, 2.45) is 12.8 Å². The predicted molar refractivity (Wildman–Crippen MR) is 77.9 cm³/mol. The Labute approximate surface area is 125 Å². The number of amides is 1. The van der Waals surface area contributed by atoms with Gasteiger partial charge in [-0.1, -0.05) is 6.07 Å². The van der Waals surface area contributed by atoms with Crippen LogP contribution in [0.3, 0.4) is 0 Å². The predicted octanol–water partition coefficient (Wildman–Crippen LogP) is 1.90. The first-order valence-electron chi connectivity index (χ1n) is 5.91. The first-order chi connectivity index (χ1) is 9.82. The topological polar surface area (TPSA) is 64.2 Å². The van der Waals surface area contributed by atoms with Crippen molar-refractivity contribution in [2.75, 3.05) is 4.90 Å². The zero-order chi connectivity index (χ0) is 15.7. The number of carbonyl (C=O) groups is 1. The molecule has 0 spiro atoms. The third-order valence-electron chi connectivity index (χ3n) is 2.83. The zero-order valence-corrected chi connectivity index (χ0v) is 12.1. The van der Waals surface area contributed by atoms with E-state index in [4.69, 9.17) is 18.0 Å². The molecule has 1 aromatic heterocycles. The molecule has 0 unspecified atom stereocenters. The highest BCUT2D eigenvalue weighted by Crippen LogP contribution is 2.25. The average Bonchev–Trinajstić information content (AvgIpc) is 2.72. The molecule has 5 nitrogen and oxygen atoms in total. The van der Waals surface area contributed by atoms with Gasteiger partial charge in [0.15, 0.2) is 5.11 Å². The highest BCUT2D eigenvalue weighted by atomic mass is 32.1. The molecule has 0 atom stereocenters. The summed E-state index contributed by atoms with van der Waals surface area (Å²) in [6, 6.07) is 3.23. The van der Waals surface area contributed by atoms with Gasteiger partial charge in [0, 0.05) is 13.2 Å². The molecule has 1 aromatic carbocycles. The van der Waals surface area contributed by atoms with Gasteiger partial charge < -0.3 is 5.73 Å². The lowest BCUT2D eigenvalue weighted by molar-refractivity contribution is 0.100.